The number of imidazole rings is 1. The quantitative estimate of drug-likeness (QED) is 0.418. The number of likely N-dealkylation sites (tertiary alicyclic amines) is 1. The molecule has 8 heteroatoms. The molecule has 3 heterocycles. The van der Waals surface area contributed by atoms with E-state index in [0.29, 0.717) is 12.6 Å². The molecule has 1 fully saturated rings. The summed E-state index contributed by atoms with van der Waals surface area (Å²) in [7, 11) is 1.81. The Morgan fingerprint density at radius 1 is 1.48 bits per heavy atom. The molecule has 2 aromatic rings. The van der Waals surface area contributed by atoms with E-state index in [-0.39, 0.29) is 24.0 Å². The first-order chi connectivity index (χ1) is 10.8. The largest absolute Gasteiger partial charge is 0.355 e. The Balaban J connectivity index is 0.00000192. The number of likely N-dealkylation sites (N-methyl/N-ethyl adjacent to an activating group) is 1. The minimum Gasteiger partial charge on any atom is -0.355 e. The van der Waals surface area contributed by atoms with E-state index in [9.17, 15) is 0 Å². The molecule has 128 valence electrons. The monoisotopic (exact) mass is 448 g/mol. The molecule has 0 spiro atoms. The maximum absolute atomic E-state index is 4.57. The summed E-state index contributed by atoms with van der Waals surface area (Å²) >= 11 is 1.65. The highest BCUT2D eigenvalue weighted by molar-refractivity contribution is 14.0. The highest BCUT2D eigenvalue weighted by Gasteiger charge is 2.22. The standard InChI is InChI=1S/C15H24N6S.HI/c1-3-20-6-4-5-13(20)10-18-14(16-2)17-9-12-11-21-7-8-22-15(21)19-12;/h7-8,11,13H,3-6,9-10H2,1-2H3,(H2,16,17,18);1H. The van der Waals surface area contributed by atoms with Crippen molar-refractivity contribution in [3.05, 3.63) is 23.5 Å². The molecule has 0 aliphatic carbocycles. The SMILES string of the molecule is CCN1CCCC1CNC(=NC)NCc1cn2ccsc2n1.I. The number of guanidine groups is 1. The van der Waals surface area contributed by atoms with E-state index in [1.807, 2.05) is 18.6 Å². The second-order valence-corrected chi connectivity index (χ2v) is 6.43. The van der Waals surface area contributed by atoms with Gasteiger partial charge in [-0.1, -0.05) is 6.92 Å². The smallest absolute Gasteiger partial charge is 0.193 e. The molecule has 1 aliphatic heterocycles. The molecule has 23 heavy (non-hydrogen) atoms. The minimum atomic E-state index is 0. The third-order valence-corrected chi connectivity index (χ3v) is 4.98. The summed E-state index contributed by atoms with van der Waals surface area (Å²) in [4.78, 5) is 12.4. The highest BCUT2D eigenvalue weighted by atomic mass is 127. The molecule has 2 N–H and O–H groups in total. The van der Waals surface area contributed by atoms with Gasteiger partial charge in [0.15, 0.2) is 10.9 Å². The Morgan fingerprint density at radius 2 is 2.35 bits per heavy atom. The summed E-state index contributed by atoms with van der Waals surface area (Å²) < 4.78 is 2.05. The zero-order valence-electron chi connectivity index (χ0n) is 13.7. The Labute approximate surface area is 158 Å². The second kappa shape index (κ2) is 8.84. The van der Waals surface area contributed by atoms with Gasteiger partial charge in [0.2, 0.25) is 0 Å². The average Bonchev–Trinajstić information content (AvgIpc) is 3.22. The van der Waals surface area contributed by atoms with Gasteiger partial charge in [0, 0.05) is 37.4 Å². The van der Waals surface area contributed by atoms with E-state index in [1.54, 1.807) is 11.3 Å². The van der Waals surface area contributed by atoms with Gasteiger partial charge in [0.05, 0.1) is 12.2 Å². The van der Waals surface area contributed by atoms with E-state index in [1.165, 1.54) is 19.4 Å². The molecule has 1 saturated heterocycles. The van der Waals surface area contributed by atoms with Crippen LogP contribution in [0.2, 0.25) is 0 Å². The summed E-state index contributed by atoms with van der Waals surface area (Å²) in [5, 5.41) is 8.82. The van der Waals surface area contributed by atoms with Gasteiger partial charge in [-0.15, -0.1) is 35.3 Å². The van der Waals surface area contributed by atoms with E-state index >= 15 is 0 Å². The van der Waals surface area contributed by atoms with Crippen molar-refractivity contribution < 1.29 is 0 Å². The van der Waals surface area contributed by atoms with Crippen LogP contribution in [-0.4, -0.2) is 53.0 Å². The lowest BCUT2D eigenvalue weighted by Gasteiger charge is -2.23. The Morgan fingerprint density at radius 3 is 3.09 bits per heavy atom. The fourth-order valence-electron chi connectivity index (χ4n) is 3.01. The summed E-state index contributed by atoms with van der Waals surface area (Å²) in [6, 6.07) is 0.626. The van der Waals surface area contributed by atoms with E-state index < -0.39 is 0 Å². The molecule has 2 aromatic heterocycles. The van der Waals surface area contributed by atoms with Gasteiger partial charge < -0.3 is 10.6 Å². The summed E-state index contributed by atoms with van der Waals surface area (Å²) in [6.07, 6.45) is 6.66. The fourth-order valence-corrected chi connectivity index (χ4v) is 3.73. The van der Waals surface area contributed by atoms with Crippen molar-refractivity contribution >= 4 is 46.2 Å². The van der Waals surface area contributed by atoms with Crippen LogP contribution < -0.4 is 10.6 Å². The Hall–Kier alpha value is -0.870. The number of aromatic nitrogens is 2. The van der Waals surface area contributed by atoms with Crippen LogP contribution in [0.1, 0.15) is 25.5 Å². The number of hydrogen-bond acceptors (Lipinski definition) is 4. The van der Waals surface area contributed by atoms with Crippen molar-refractivity contribution in [1.82, 2.24) is 24.9 Å². The average molecular weight is 448 g/mol. The number of nitrogens with zero attached hydrogens (tertiary/aromatic N) is 4. The number of fused-ring (bicyclic) bond motifs is 1. The van der Waals surface area contributed by atoms with Gasteiger partial charge in [0.25, 0.3) is 0 Å². The lowest BCUT2D eigenvalue weighted by atomic mass is 10.2. The normalized spacial score (nSPS) is 19.0. The number of hydrogen-bond donors (Lipinski definition) is 2. The second-order valence-electron chi connectivity index (χ2n) is 5.56. The minimum absolute atomic E-state index is 0. The zero-order chi connectivity index (χ0) is 15.4. The van der Waals surface area contributed by atoms with Crippen LogP contribution in [0, 0.1) is 0 Å². The van der Waals surface area contributed by atoms with Gasteiger partial charge in [-0.05, 0) is 25.9 Å². The molecule has 1 atom stereocenters. The predicted octanol–water partition coefficient (Wildman–Crippen LogP) is 2.16. The summed E-state index contributed by atoms with van der Waals surface area (Å²) in [6.45, 7) is 6.22. The van der Waals surface area contributed by atoms with Gasteiger partial charge in [-0.3, -0.25) is 14.3 Å². The number of halogens is 1. The molecule has 0 amide bonds. The van der Waals surface area contributed by atoms with Crippen molar-refractivity contribution in [2.24, 2.45) is 4.99 Å². The predicted molar refractivity (Wildman–Crippen MR) is 107 cm³/mol. The van der Waals surface area contributed by atoms with Crippen LogP contribution >= 0.6 is 35.3 Å². The third kappa shape index (κ3) is 4.57. The van der Waals surface area contributed by atoms with E-state index in [2.05, 4.69) is 43.0 Å². The molecular formula is C15H25IN6S. The van der Waals surface area contributed by atoms with Crippen LogP contribution in [0.25, 0.3) is 4.96 Å². The maximum atomic E-state index is 4.57. The molecule has 0 bridgehead atoms. The van der Waals surface area contributed by atoms with Crippen molar-refractivity contribution in [2.75, 3.05) is 26.7 Å². The van der Waals surface area contributed by atoms with Crippen molar-refractivity contribution in [3.8, 4) is 0 Å². The molecular weight excluding hydrogens is 423 g/mol. The van der Waals surface area contributed by atoms with Gasteiger partial charge in [0.1, 0.15) is 0 Å². The number of aliphatic imine (C=N–C) groups is 1. The van der Waals surface area contributed by atoms with Crippen molar-refractivity contribution in [2.45, 2.75) is 32.4 Å². The molecule has 3 rings (SSSR count). The van der Waals surface area contributed by atoms with Crippen molar-refractivity contribution in [1.29, 1.82) is 0 Å². The van der Waals surface area contributed by atoms with Crippen LogP contribution in [0.5, 0.6) is 0 Å². The summed E-state index contributed by atoms with van der Waals surface area (Å²) in [5.74, 6) is 0.847. The topological polar surface area (TPSA) is 57.0 Å². The lowest BCUT2D eigenvalue weighted by Crippen LogP contribution is -2.44. The van der Waals surface area contributed by atoms with E-state index in [0.717, 1.165) is 29.7 Å². The Kier molecular flexibility index (Phi) is 7.09. The van der Waals surface area contributed by atoms with E-state index in [4.69, 9.17) is 0 Å². The zero-order valence-corrected chi connectivity index (χ0v) is 16.8. The first-order valence-electron chi connectivity index (χ1n) is 7.89. The summed E-state index contributed by atoms with van der Waals surface area (Å²) in [5.41, 5.74) is 1.03. The van der Waals surface area contributed by atoms with Crippen LogP contribution in [0.15, 0.2) is 22.8 Å². The molecule has 0 radical (unpaired) electrons. The first-order valence-corrected chi connectivity index (χ1v) is 8.77. The molecule has 6 nitrogen and oxygen atoms in total. The van der Waals surface area contributed by atoms with Crippen molar-refractivity contribution in [3.63, 3.8) is 0 Å². The lowest BCUT2D eigenvalue weighted by molar-refractivity contribution is 0.267. The Bertz CT molecular complexity index is 608. The first kappa shape index (κ1) is 18.5. The van der Waals surface area contributed by atoms with Gasteiger partial charge >= 0.3 is 0 Å². The molecule has 1 aliphatic rings. The molecule has 0 aromatic carbocycles. The molecule has 0 saturated carbocycles. The van der Waals surface area contributed by atoms with Gasteiger partial charge in [-0.2, -0.15) is 0 Å². The van der Waals surface area contributed by atoms with Crippen LogP contribution in [0.3, 0.4) is 0 Å². The highest BCUT2D eigenvalue weighted by Crippen LogP contribution is 2.15. The molecule has 1 unspecified atom stereocenters. The van der Waals surface area contributed by atoms with Crippen LogP contribution in [0.4, 0.5) is 0 Å². The van der Waals surface area contributed by atoms with Gasteiger partial charge in [-0.25, -0.2) is 4.98 Å². The van der Waals surface area contributed by atoms with Crippen LogP contribution in [-0.2, 0) is 6.54 Å². The third-order valence-electron chi connectivity index (χ3n) is 4.21. The number of rotatable bonds is 5. The number of thiazole rings is 1. The maximum Gasteiger partial charge on any atom is 0.193 e. The fraction of sp³-hybridized carbons (Fsp3) is 0.600. The number of nitrogens with one attached hydrogen (secondary N) is 2.